The minimum Gasteiger partial charge on any atom is -0.506 e. The van der Waals surface area contributed by atoms with Gasteiger partial charge in [-0.15, -0.1) is 0 Å². The molecule has 8 nitrogen and oxygen atoms in total. The van der Waals surface area contributed by atoms with Gasteiger partial charge in [-0.25, -0.2) is 10.4 Å². The van der Waals surface area contributed by atoms with Crippen LogP contribution in [0.2, 0.25) is 0 Å². The molecule has 0 atom stereocenters. The second kappa shape index (κ2) is 12.0. The monoisotopic (exact) mass is 583 g/mol. The van der Waals surface area contributed by atoms with E-state index in [1.54, 1.807) is 24.3 Å². The van der Waals surface area contributed by atoms with E-state index >= 15 is 0 Å². The fourth-order valence-corrected chi connectivity index (χ4v) is 5.54. The van der Waals surface area contributed by atoms with E-state index in [-0.39, 0.29) is 11.7 Å². The van der Waals surface area contributed by atoms with Gasteiger partial charge in [0.15, 0.2) is 0 Å². The Labute approximate surface area is 255 Å². The average Bonchev–Trinajstić information content (AvgIpc) is 3.02. The van der Waals surface area contributed by atoms with Crippen LogP contribution in [0.15, 0.2) is 93.4 Å². The summed E-state index contributed by atoms with van der Waals surface area (Å²) in [5.41, 5.74) is 10.5. The molecule has 220 valence electrons. The molecule has 1 aromatic heterocycles. The third-order valence-corrected chi connectivity index (χ3v) is 7.60. The number of aromatic nitrogens is 1. The van der Waals surface area contributed by atoms with E-state index in [9.17, 15) is 9.90 Å². The van der Waals surface area contributed by atoms with E-state index in [1.807, 2.05) is 56.3 Å². The molecule has 0 saturated carbocycles. The first-order valence-electron chi connectivity index (χ1n) is 14.7. The third kappa shape index (κ3) is 5.38. The predicted octanol–water partition coefficient (Wildman–Crippen LogP) is 7.19. The molecule has 1 amide bonds. The first kappa shape index (κ1) is 28.6. The molecule has 0 bridgehead atoms. The zero-order valence-electron chi connectivity index (χ0n) is 25.1. The number of hydrazone groups is 1. The predicted molar refractivity (Wildman–Crippen MR) is 176 cm³/mol. The number of phenols is 1. The summed E-state index contributed by atoms with van der Waals surface area (Å²) in [6.45, 7) is 9.62. The highest BCUT2D eigenvalue weighted by atomic mass is 16.3. The van der Waals surface area contributed by atoms with Gasteiger partial charge in [0.05, 0.1) is 17.3 Å². The van der Waals surface area contributed by atoms with Gasteiger partial charge in [-0.05, 0) is 74.7 Å². The van der Waals surface area contributed by atoms with Gasteiger partial charge in [-0.1, -0.05) is 36.4 Å². The summed E-state index contributed by atoms with van der Waals surface area (Å²) in [7, 11) is 0. The summed E-state index contributed by atoms with van der Waals surface area (Å²) in [5.74, 6) is 0.414. The number of rotatable bonds is 7. The molecule has 3 aromatic carbocycles. The molecule has 4 aromatic rings. The minimum atomic E-state index is -0.363. The van der Waals surface area contributed by atoms with Crippen LogP contribution >= 0.6 is 0 Å². The molecular formula is C36H33N5O3. The van der Waals surface area contributed by atoms with Crippen molar-refractivity contribution in [2.24, 2.45) is 10.1 Å². The average molecular weight is 584 g/mol. The van der Waals surface area contributed by atoms with Crippen molar-refractivity contribution in [2.75, 3.05) is 18.4 Å². The number of para-hydroxylation sites is 1. The smallest absolute Gasteiger partial charge is 0.271 e. The van der Waals surface area contributed by atoms with Crippen LogP contribution in [0.4, 0.5) is 5.69 Å². The molecule has 0 unspecified atom stereocenters. The molecule has 1 aliphatic carbocycles. The first-order valence-corrected chi connectivity index (χ1v) is 14.7. The maximum Gasteiger partial charge on any atom is 0.271 e. The molecule has 0 saturated heterocycles. The van der Waals surface area contributed by atoms with Gasteiger partial charge in [-0.2, -0.15) is 5.10 Å². The Hall–Kier alpha value is -5.50. The molecule has 8 heteroatoms. The largest absolute Gasteiger partial charge is 0.506 e. The molecule has 0 radical (unpaired) electrons. The lowest BCUT2D eigenvalue weighted by molar-refractivity contribution is 0.0955. The highest BCUT2D eigenvalue weighted by Gasteiger charge is 2.23. The van der Waals surface area contributed by atoms with Crippen molar-refractivity contribution in [1.29, 1.82) is 0 Å². The van der Waals surface area contributed by atoms with Crippen LogP contribution in [-0.2, 0) is 0 Å². The van der Waals surface area contributed by atoms with Gasteiger partial charge in [-0.3, -0.25) is 9.79 Å². The minimum absolute atomic E-state index is 0.0864. The van der Waals surface area contributed by atoms with Crippen molar-refractivity contribution < 1.29 is 14.3 Å². The fourth-order valence-electron chi connectivity index (χ4n) is 5.54. The van der Waals surface area contributed by atoms with Crippen molar-refractivity contribution in [2.45, 2.75) is 27.7 Å². The Morgan fingerprint density at radius 3 is 2.61 bits per heavy atom. The van der Waals surface area contributed by atoms with Gasteiger partial charge in [0.1, 0.15) is 22.6 Å². The SMILES string of the molecule is CCN=c1cc2oc3cc(NCC)c(C)cc3c(-c3ccccc3C(=O)N/N=C/c3ccc4cccc(O)c4n3)c-2cc1C. The van der Waals surface area contributed by atoms with Crippen LogP contribution in [0.3, 0.4) is 0 Å². The second-order valence-corrected chi connectivity index (χ2v) is 10.6. The number of carbonyl (C=O) groups excluding carboxylic acids is 1. The molecular weight excluding hydrogens is 550 g/mol. The highest BCUT2D eigenvalue weighted by molar-refractivity contribution is 6.09. The Morgan fingerprint density at radius 1 is 0.955 bits per heavy atom. The number of aryl methyl sites for hydroxylation is 2. The van der Waals surface area contributed by atoms with Crippen LogP contribution in [0.25, 0.3) is 44.3 Å². The van der Waals surface area contributed by atoms with Crippen LogP contribution in [0.1, 0.15) is 41.0 Å². The molecule has 2 heterocycles. The van der Waals surface area contributed by atoms with Gasteiger partial charge in [0.2, 0.25) is 0 Å². The molecule has 0 spiro atoms. The van der Waals surface area contributed by atoms with Gasteiger partial charge in [0.25, 0.3) is 5.91 Å². The van der Waals surface area contributed by atoms with Crippen molar-refractivity contribution in [3.63, 3.8) is 0 Å². The summed E-state index contributed by atoms with van der Waals surface area (Å²) in [6, 6.07) is 24.6. The zero-order valence-corrected chi connectivity index (χ0v) is 25.1. The standard InChI is InChI=1S/C36H33N5O3/c1-5-37-29-18-32-27(16-21(29)3)34(28-17-22(4)30(38-6-2)19-33(28)44-32)25-11-7-8-12-26(25)36(43)41-39-20-24-15-14-23-10-9-13-31(42)35(23)40-24/h7-20,37,42H,5-6H2,1-4H3,(H,41,43)/b38-30?,39-20+. The highest BCUT2D eigenvalue weighted by Crippen LogP contribution is 2.42. The number of benzene rings is 4. The summed E-state index contributed by atoms with van der Waals surface area (Å²) in [4.78, 5) is 22.8. The Bertz CT molecular complexity index is 2110. The lowest BCUT2D eigenvalue weighted by Gasteiger charge is -2.19. The number of nitrogens with zero attached hydrogens (tertiary/aromatic N) is 3. The van der Waals surface area contributed by atoms with Crippen LogP contribution in [-0.4, -0.2) is 35.3 Å². The summed E-state index contributed by atoms with van der Waals surface area (Å²) in [6.07, 6.45) is 1.46. The first-order chi connectivity index (χ1) is 21.4. The molecule has 2 aliphatic rings. The number of nitrogens with one attached hydrogen (secondary N) is 2. The second-order valence-electron chi connectivity index (χ2n) is 10.6. The number of anilines is 1. The van der Waals surface area contributed by atoms with E-state index in [0.717, 1.165) is 56.2 Å². The lowest BCUT2D eigenvalue weighted by Crippen LogP contribution is -2.19. The number of fused-ring (bicyclic) bond motifs is 3. The molecule has 6 rings (SSSR count). The van der Waals surface area contributed by atoms with Crippen molar-refractivity contribution in [1.82, 2.24) is 10.4 Å². The summed E-state index contributed by atoms with van der Waals surface area (Å²) >= 11 is 0. The van der Waals surface area contributed by atoms with E-state index in [1.165, 1.54) is 6.21 Å². The van der Waals surface area contributed by atoms with Crippen molar-refractivity contribution in [3.8, 4) is 28.2 Å². The number of pyridine rings is 1. The number of aromatic hydroxyl groups is 1. The van der Waals surface area contributed by atoms with Crippen molar-refractivity contribution in [3.05, 3.63) is 107 Å². The quantitative estimate of drug-likeness (QED) is 0.105. The number of phenolic OH excluding ortho intramolecular Hbond substituents is 1. The van der Waals surface area contributed by atoms with E-state index in [2.05, 4.69) is 51.8 Å². The number of hydrogen-bond acceptors (Lipinski definition) is 7. The van der Waals surface area contributed by atoms with Gasteiger partial charge < -0.3 is 14.8 Å². The molecule has 44 heavy (non-hydrogen) atoms. The number of amides is 1. The molecule has 1 aliphatic heterocycles. The Morgan fingerprint density at radius 2 is 1.80 bits per heavy atom. The normalized spacial score (nSPS) is 12.0. The summed E-state index contributed by atoms with van der Waals surface area (Å²) in [5, 5.41) is 20.4. The topological polar surface area (TPSA) is 112 Å². The van der Waals surface area contributed by atoms with Crippen LogP contribution < -0.4 is 16.1 Å². The van der Waals surface area contributed by atoms with E-state index < -0.39 is 0 Å². The maximum absolute atomic E-state index is 13.6. The summed E-state index contributed by atoms with van der Waals surface area (Å²) < 4.78 is 6.50. The lowest BCUT2D eigenvalue weighted by atomic mass is 9.89. The molecule has 3 N–H and O–H groups in total. The van der Waals surface area contributed by atoms with Crippen LogP contribution in [0.5, 0.6) is 5.75 Å². The zero-order chi connectivity index (χ0) is 30.8. The molecule has 0 fully saturated rings. The van der Waals surface area contributed by atoms with Gasteiger partial charge in [0, 0.05) is 58.4 Å². The Kier molecular flexibility index (Phi) is 7.81. The van der Waals surface area contributed by atoms with E-state index in [0.29, 0.717) is 34.7 Å². The van der Waals surface area contributed by atoms with E-state index in [4.69, 9.17) is 4.42 Å². The number of carbonyl (C=O) groups is 1. The van der Waals surface area contributed by atoms with Gasteiger partial charge >= 0.3 is 0 Å². The number of hydrogen-bond donors (Lipinski definition) is 3. The maximum atomic E-state index is 13.6. The van der Waals surface area contributed by atoms with Crippen molar-refractivity contribution >= 4 is 39.7 Å². The van der Waals surface area contributed by atoms with Crippen LogP contribution in [0, 0.1) is 13.8 Å². The fraction of sp³-hybridized carbons (Fsp3) is 0.167. The third-order valence-electron chi connectivity index (χ3n) is 7.60. The Balaban J connectivity index is 1.46.